The number of hydrogen-bond acceptors (Lipinski definition) is 3. The summed E-state index contributed by atoms with van der Waals surface area (Å²) in [5.41, 5.74) is 0. The van der Waals surface area contributed by atoms with Crippen LogP contribution in [0.4, 0.5) is 4.79 Å². The van der Waals surface area contributed by atoms with Crippen molar-refractivity contribution in [2.75, 3.05) is 25.1 Å². The second kappa shape index (κ2) is 5.38. The minimum atomic E-state index is -0.887. The maximum Gasteiger partial charge on any atom is 0.326 e. The molecule has 0 aromatic carbocycles. The van der Waals surface area contributed by atoms with E-state index in [9.17, 15) is 14.7 Å². The summed E-state index contributed by atoms with van der Waals surface area (Å²) >= 11 is 1.85. The van der Waals surface area contributed by atoms with Gasteiger partial charge in [-0.15, -0.1) is 0 Å². The van der Waals surface area contributed by atoms with E-state index in [4.69, 9.17) is 0 Å². The van der Waals surface area contributed by atoms with E-state index in [0.29, 0.717) is 6.54 Å². The molecule has 2 amide bonds. The van der Waals surface area contributed by atoms with Gasteiger partial charge in [0.2, 0.25) is 0 Å². The van der Waals surface area contributed by atoms with Crippen molar-refractivity contribution >= 4 is 23.8 Å². The lowest BCUT2D eigenvalue weighted by atomic mass is 10.0. The van der Waals surface area contributed by atoms with Gasteiger partial charge in [0, 0.05) is 25.4 Å². The first-order valence-electron chi connectivity index (χ1n) is 6.36. The van der Waals surface area contributed by atoms with E-state index in [2.05, 4.69) is 0 Å². The summed E-state index contributed by atoms with van der Waals surface area (Å²) in [7, 11) is 1.79. The number of rotatable bonds is 2. The third-order valence-electron chi connectivity index (χ3n) is 3.95. The van der Waals surface area contributed by atoms with Crippen molar-refractivity contribution in [3.05, 3.63) is 0 Å². The number of carboxylic acids is 1. The molecule has 0 aromatic heterocycles. The number of urea groups is 1. The van der Waals surface area contributed by atoms with Gasteiger partial charge >= 0.3 is 12.0 Å². The number of amides is 2. The van der Waals surface area contributed by atoms with Crippen LogP contribution in [0.3, 0.4) is 0 Å². The van der Waals surface area contributed by atoms with E-state index in [1.165, 1.54) is 4.90 Å². The van der Waals surface area contributed by atoms with Crippen molar-refractivity contribution < 1.29 is 14.7 Å². The molecule has 0 radical (unpaired) electrons. The maximum absolute atomic E-state index is 12.4. The zero-order valence-electron chi connectivity index (χ0n) is 10.8. The van der Waals surface area contributed by atoms with Gasteiger partial charge in [-0.05, 0) is 24.5 Å². The molecule has 2 aliphatic heterocycles. The number of nitrogens with zero attached hydrogens (tertiary/aromatic N) is 2. The van der Waals surface area contributed by atoms with Gasteiger partial charge in [-0.25, -0.2) is 9.59 Å². The maximum atomic E-state index is 12.4. The Morgan fingerprint density at radius 2 is 2.11 bits per heavy atom. The molecule has 0 saturated carbocycles. The number of carbonyl (C=O) groups excluding carboxylic acids is 1. The topological polar surface area (TPSA) is 60.9 Å². The largest absolute Gasteiger partial charge is 0.480 e. The van der Waals surface area contributed by atoms with Crippen LogP contribution >= 0.6 is 11.8 Å². The average Bonchev–Trinajstić information content (AvgIpc) is 2.95. The van der Waals surface area contributed by atoms with Gasteiger partial charge in [-0.2, -0.15) is 11.8 Å². The SMILES string of the molecule is CC1CCN(C(=O)N(C)C2CCSC2)C1C(=O)O. The predicted molar refractivity (Wildman–Crippen MR) is 70.8 cm³/mol. The van der Waals surface area contributed by atoms with Crippen molar-refractivity contribution in [1.29, 1.82) is 0 Å². The zero-order valence-corrected chi connectivity index (χ0v) is 11.7. The number of thioether (sulfide) groups is 1. The lowest BCUT2D eigenvalue weighted by molar-refractivity contribution is -0.142. The number of hydrogen-bond donors (Lipinski definition) is 1. The lowest BCUT2D eigenvalue weighted by Crippen LogP contribution is -2.51. The van der Waals surface area contributed by atoms with E-state index in [0.717, 1.165) is 24.3 Å². The van der Waals surface area contributed by atoms with E-state index >= 15 is 0 Å². The van der Waals surface area contributed by atoms with Gasteiger partial charge in [-0.3, -0.25) is 0 Å². The highest BCUT2D eigenvalue weighted by atomic mass is 32.2. The molecule has 2 aliphatic rings. The predicted octanol–water partition coefficient (Wildman–Crippen LogP) is 1.34. The highest BCUT2D eigenvalue weighted by Gasteiger charge is 2.41. The van der Waals surface area contributed by atoms with Crippen molar-refractivity contribution in [2.45, 2.75) is 31.8 Å². The molecule has 2 heterocycles. The highest BCUT2D eigenvalue weighted by molar-refractivity contribution is 7.99. The van der Waals surface area contributed by atoms with Crippen molar-refractivity contribution in [3.63, 3.8) is 0 Å². The zero-order chi connectivity index (χ0) is 13.3. The van der Waals surface area contributed by atoms with Crippen LogP contribution in [-0.2, 0) is 4.79 Å². The van der Waals surface area contributed by atoms with Gasteiger partial charge in [0.1, 0.15) is 6.04 Å². The number of carboxylic acid groups (broad SMARTS) is 1. The van der Waals surface area contributed by atoms with E-state index in [-0.39, 0.29) is 18.0 Å². The highest BCUT2D eigenvalue weighted by Crippen LogP contribution is 2.27. The Balaban J connectivity index is 2.05. The van der Waals surface area contributed by atoms with Crippen LogP contribution in [0.1, 0.15) is 19.8 Å². The van der Waals surface area contributed by atoms with Gasteiger partial charge in [0.15, 0.2) is 0 Å². The number of carbonyl (C=O) groups is 2. The van der Waals surface area contributed by atoms with Gasteiger partial charge in [-0.1, -0.05) is 6.92 Å². The molecule has 1 N–H and O–H groups in total. The molecule has 0 aromatic rings. The van der Waals surface area contributed by atoms with Crippen LogP contribution in [0.25, 0.3) is 0 Å². The van der Waals surface area contributed by atoms with Crippen molar-refractivity contribution in [1.82, 2.24) is 9.80 Å². The molecule has 0 aliphatic carbocycles. The molecule has 18 heavy (non-hydrogen) atoms. The summed E-state index contributed by atoms with van der Waals surface area (Å²) in [5.74, 6) is 1.20. The molecule has 3 unspecified atom stereocenters. The minimum absolute atomic E-state index is 0.0396. The van der Waals surface area contributed by atoms with Crippen LogP contribution in [0.15, 0.2) is 0 Å². The smallest absolute Gasteiger partial charge is 0.326 e. The van der Waals surface area contributed by atoms with E-state index < -0.39 is 12.0 Å². The normalized spacial score (nSPS) is 31.7. The Kier molecular flexibility index (Phi) is 4.04. The van der Waals surface area contributed by atoms with Crippen LogP contribution in [-0.4, -0.2) is 64.1 Å². The molecular weight excluding hydrogens is 252 g/mol. The Labute approximate surface area is 112 Å². The Morgan fingerprint density at radius 3 is 2.67 bits per heavy atom. The molecule has 102 valence electrons. The molecule has 5 nitrogen and oxygen atoms in total. The molecule has 3 atom stereocenters. The van der Waals surface area contributed by atoms with Gasteiger partial charge in [0.25, 0.3) is 0 Å². The molecule has 0 spiro atoms. The van der Waals surface area contributed by atoms with Crippen molar-refractivity contribution in [3.8, 4) is 0 Å². The number of likely N-dealkylation sites (tertiary alicyclic amines) is 1. The number of aliphatic carboxylic acids is 1. The fourth-order valence-corrected chi connectivity index (χ4v) is 3.99. The second-order valence-electron chi connectivity index (χ2n) is 5.15. The van der Waals surface area contributed by atoms with Gasteiger partial charge in [0.05, 0.1) is 0 Å². The monoisotopic (exact) mass is 272 g/mol. The first-order chi connectivity index (χ1) is 8.52. The second-order valence-corrected chi connectivity index (χ2v) is 6.30. The average molecular weight is 272 g/mol. The van der Waals surface area contributed by atoms with E-state index in [1.54, 1.807) is 11.9 Å². The molecular formula is C12H20N2O3S. The lowest BCUT2D eigenvalue weighted by Gasteiger charge is -2.31. The summed E-state index contributed by atoms with van der Waals surface area (Å²) < 4.78 is 0. The van der Waals surface area contributed by atoms with Crippen LogP contribution < -0.4 is 0 Å². The van der Waals surface area contributed by atoms with Gasteiger partial charge < -0.3 is 14.9 Å². The quantitative estimate of drug-likeness (QED) is 0.824. The summed E-state index contributed by atoms with van der Waals surface area (Å²) in [6.45, 7) is 2.46. The Hall–Kier alpha value is -0.910. The molecule has 2 saturated heterocycles. The van der Waals surface area contributed by atoms with Crippen LogP contribution in [0.5, 0.6) is 0 Å². The Bertz CT molecular complexity index is 344. The minimum Gasteiger partial charge on any atom is -0.480 e. The summed E-state index contributed by atoms with van der Waals surface area (Å²) in [4.78, 5) is 26.9. The first kappa shape index (κ1) is 13.5. The molecule has 2 rings (SSSR count). The standard InChI is InChI=1S/C12H20N2O3S/c1-8-3-5-14(10(8)11(15)16)12(17)13(2)9-4-6-18-7-9/h8-10H,3-7H2,1-2H3,(H,15,16). The fourth-order valence-electron chi connectivity index (χ4n) is 2.72. The molecule has 2 fully saturated rings. The third kappa shape index (κ3) is 2.43. The molecule has 6 heteroatoms. The first-order valence-corrected chi connectivity index (χ1v) is 7.52. The fraction of sp³-hybridized carbons (Fsp3) is 0.833. The summed E-state index contributed by atoms with van der Waals surface area (Å²) in [5, 5.41) is 9.23. The summed E-state index contributed by atoms with van der Waals surface area (Å²) in [6, 6.07) is -0.527. The Morgan fingerprint density at radius 1 is 1.39 bits per heavy atom. The summed E-state index contributed by atoms with van der Waals surface area (Å²) in [6.07, 6.45) is 1.78. The molecule has 0 bridgehead atoms. The van der Waals surface area contributed by atoms with Crippen LogP contribution in [0.2, 0.25) is 0 Å². The third-order valence-corrected chi connectivity index (χ3v) is 5.10. The van der Waals surface area contributed by atoms with Crippen LogP contribution in [0, 0.1) is 5.92 Å². The van der Waals surface area contributed by atoms with E-state index in [1.807, 2.05) is 18.7 Å². The van der Waals surface area contributed by atoms with Crippen molar-refractivity contribution in [2.24, 2.45) is 5.92 Å².